The van der Waals surface area contributed by atoms with Crippen LogP contribution in [0.5, 0.6) is 0 Å². The van der Waals surface area contributed by atoms with E-state index in [-0.39, 0.29) is 5.91 Å². The first kappa shape index (κ1) is 18.1. The Morgan fingerprint density at radius 2 is 2.14 bits per heavy atom. The van der Waals surface area contributed by atoms with Crippen molar-refractivity contribution in [3.05, 3.63) is 69.9 Å². The summed E-state index contributed by atoms with van der Waals surface area (Å²) in [5.74, 6) is 0.626. The number of benzene rings is 1. The number of fused-ring (bicyclic) bond motifs is 3. The van der Waals surface area contributed by atoms with Gasteiger partial charge in [0.25, 0.3) is 5.91 Å². The van der Waals surface area contributed by atoms with Gasteiger partial charge in [-0.05, 0) is 48.9 Å². The number of pyridine rings is 1. The van der Waals surface area contributed by atoms with Crippen molar-refractivity contribution in [1.82, 2.24) is 20.3 Å². The first-order chi connectivity index (χ1) is 14.2. The van der Waals surface area contributed by atoms with Crippen LogP contribution >= 0.6 is 11.3 Å². The molecular formula is C23H22N4OS. The second-order valence-electron chi connectivity index (χ2n) is 7.70. The van der Waals surface area contributed by atoms with Gasteiger partial charge in [-0.15, -0.1) is 11.3 Å². The number of carbonyl (C=O) groups excluding carboxylic acids is 1. The van der Waals surface area contributed by atoms with Gasteiger partial charge in [-0.1, -0.05) is 19.1 Å². The highest BCUT2D eigenvalue weighted by Crippen LogP contribution is 2.33. The number of carbonyl (C=O) groups is 1. The number of nitrogens with zero attached hydrogens (tertiary/aromatic N) is 2. The largest absolute Gasteiger partial charge is 0.358 e. The monoisotopic (exact) mass is 402 g/mol. The van der Waals surface area contributed by atoms with Crippen LogP contribution in [-0.4, -0.2) is 20.9 Å². The van der Waals surface area contributed by atoms with Crippen LogP contribution in [0.4, 0.5) is 0 Å². The molecule has 0 radical (unpaired) electrons. The third-order valence-electron chi connectivity index (χ3n) is 5.64. The van der Waals surface area contributed by atoms with Gasteiger partial charge >= 0.3 is 0 Å². The number of aromatic nitrogens is 3. The lowest BCUT2D eigenvalue weighted by molar-refractivity contribution is 0.0952. The predicted octanol–water partition coefficient (Wildman–Crippen LogP) is 4.74. The van der Waals surface area contributed by atoms with Gasteiger partial charge < -0.3 is 10.3 Å². The molecule has 1 amide bonds. The maximum absolute atomic E-state index is 12.9. The van der Waals surface area contributed by atoms with Crippen molar-refractivity contribution in [2.24, 2.45) is 5.92 Å². The van der Waals surface area contributed by atoms with Crippen LogP contribution in [0.3, 0.4) is 0 Å². The Morgan fingerprint density at radius 3 is 3.00 bits per heavy atom. The molecule has 3 heterocycles. The lowest BCUT2D eigenvalue weighted by Gasteiger charge is -2.17. The molecule has 6 heteroatoms. The number of hydrogen-bond acceptors (Lipinski definition) is 4. The van der Waals surface area contributed by atoms with Crippen molar-refractivity contribution >= 4 is 28.1 Å². The molecule has 0 saturated heterocycles. The van der Waals surface area contributed by atoms with Crippen LogP contribution < -0.4 is 5.32 Å². The van der Waals surface area contributed by atoms with Crippen LogP contribution in [0.2, 0.25) is 0 Å². The van der Waals surface area contributed by atoms with E-state index >= 15 is 0 Å². The van der Waals surface area contributed by atoms with Gasteiger partial charge in [0.1, 0.15) is 5.01 Å². The molecule has 5 rings (SSSR count). The van der Waals surface area contributed by atoms with E-state index in [1.54, 1.807) is 23.7 Å². The molecule has 1 aliphatic rings. The fraction of sp³-hybridized carbons (Fsp3) is 0.261. The van der Waals surface area contributed by atoms with Gasteiger partial charge in [0.2, 0.25) is 0 Å². The molecule has 4 aromatic rings. The quantitative estimate of drug-likeness (QED) is 0.518. The molecule has 0 fully saturated rings. The number of H-pyrrole nitrogens is 1. The molecule has 0 bridgehead atoms. The van der Waals surface area contributed by atoms with Crippen molar-refractivity contribution < 1.29 is 4.79 Å². The number of thiazole rings is 1. The minimum Gasteiger partial charge on any atom is -0.358 e. The van der Waals surface area contributed by atoms with E-state index in [1.165, 1.54) is 23.1 Å². The Morgan fingerprint density at radius 1 is 1.28 bits per heavy atom. The first-order valence-corrected chi connectivity index (χ1v) is 10.8. The molecule has 0 aliphatic heterocycles. The van der Waals surface area contributed by atoms with E-state index in [2.05, 4.69) is 33.3 Å². The van der Waals surface area contributed by atoms with Gasteiger partial charge in [-0.25, -0.2) is 4.98 Å². The summed E-state index contributed by atoms with van der Waals surface area (Å²) in [6.07, 6.45) is 6.85. The fourth-order valence-corrected chi connectivity index (χ4v) is 4.85. The van der Waals surface area contributed by atoms with Crippen molar-refractivity contribution in [2.75, 3.05) is 0 Å². The van der Waals surface area contributed by atoms with Crippen molar-refractivity contribution in [2.45, 2.75) is 32.7 Å². The third kappa shape index (κ3) is 3.44. The average molecular weight is 403 g/mol. The molecule has 3 aromatic heterocycles. The third-order valence-corrected chi connectivity index (χ3v) is 6.49. The van der Waals surface area contributed by atoms with Gasteiger partial charge in [0.05, 0.1) is 23.3 Å². The smallest absolute Gasteiger partial charge is 0.253 e. The zero-order valence-electron chi connectivity index (χ0n) is 16.2. The molecule has 0 saturated carbocycles. The number of para-hydroxylation sites is 1. The number of hydrogen-bond donors (Lipinski definition) is 2. The van der Waals surface area contributed by atoms with E-state index in [9.17, 15) is 4.79 Å². The summed E-state index contributed by atoms with van der Waals surface area (Å²) in [7, 11) is 0. The summed E-state index contributed by atoms with van der Waals surface area (Å²) in [6, 6.07) is 9.88. The molecule has 1 unspecified atom stereocenters. The molecule has 0 spiro atoms. The van der Waals surface area contributed by atoms with Crippen molar-refractivity contribution in [1.29, 1.82) is 0 Å². The minimum atomic E-state index is -0.0668. The van der Waals surface area contributed by atoms with Crippen LogP contribution in [0.25, 0.3) is 22.2 Å². The van der Waals surface area contributed by atoms with E-state index < -0.39 is 0 Å². The molecule has 1 aliphatic carbocycles. The first-order valence-electron chi connectivity index (χ1n) is 9.94. The van der Waals surface area contributed by atoms with Gasteiger partial charge in [0.15, 0.2) is 0 Å². The number of amides is 1. The molecule has 1 atom stereocenters. The second kappa shape index (κ2) is 7.44. The fourth-order valence-electron chi connectivity index (χ4n) is 4.10. The molecule has 2 N–H and O–H groups in total. The highest BCUT2D eigenvalue weighted by Gasteiger charge is 2.22. The SMILES string of the molecule is CC1CCc2[nH]c3c(C(=O)NCc4nc(-c5ccncc5)cs4)cccc3c2C1. The Bertz CT molecular complexity index is 1180. The molecular weight excluding hydrogens is 380 g/mol. The summed E-state index contributed by atoms with van der Waals surface area (Å²) < 4.78 is 0. The van der Waals surface area contributed by atoms with E-state index in [0.717, 1.165) is 34.6 Å². The summed E-state index contributed by atoms with van der Waals surface area (Å²) in [6.45, 7) is 2.72. The minimum absolute atomic E-state index is 0.0668. The molecule has 29 heavy (non-hydrogen) atoms. The summed E-state index contributed by atoms with van der Waals surface area (Å²) in [5.41, 5.74) is 6.28. The number of nitrogens with one attached hydrogen (secondary N) is 2. The standard InChI is InChI=1S/C23H22N4OS/c1-14-5-6-19-18(11-14)16-3-2-4-17(22(16)27-19)23(28)25-12-21-26-20(13-29-21)15-7-9-24-10-8-15/h2-4,7-10,13-14,27H,5-6,11-12H2,1H3,(H,25,28). The van der Waals surface area contributed by atoms with Crippen LogP contribution in [0.1, 0.15) is 40.0 Å². The predicted molar refractivity (Wildman–Crippen MR) is 116 cm³/mol. The van der Waals surface area contributed by atoms with Crippen molar-refractivity contribution in [3.8, 4) is 11.3 Å². The summed E-state index contributed by atoms with van der Waals surface area (Å²) in [5, 5.41) is 7.12. The average Bonchev–Trinajstić information content (AvgIpc) is 3.37. The summed E-state index contributed by atoms with van der Waals surface area (Å²) >= 11 is 1.55. The number of aryl methyl sites for hydroxylation is 1. The van der Waals surface area contributed by atoms with Crippen LogP contribution in [-0.2, 0) is 19.4 Å². The van der Waals surface area contributed by atoms with E-state index in [1.807, 2.05) is 29.6 Å². The summed E-state index contributed by atoms with van der Waals surface area (Å²) in [4.78, 5) is 25.1. The normalized spacial score (nSPS) is 16.0. The molecule has 1 aromatic carbocycles. The number of rotatable bonds is 4. The molecule has 146 valence electrons. The zero-order valence-corrected chi connectivity index (χ0v) is 17.1. The maximum Gasteiger partial charge on any atom is 0.253 e. The lowest BCUT2D eigenvalue weighted by atomic mass is 9.87. The highest BCUT2D eigenvalue weighted by molar-refractivity contribution is 7.09. The van der Waals surface area contributed by atoms with Crippen LogP contribution in [0.15, 0.2) is 48.1 Å². The Hall–Kier alpha value is -2.99. The Balaban J connectivity index is 1.35. The van der Waals surface area contributed by atoms with Crippen molar-refractivity contribution in [3.63, 3.8) is 0 Å². The lowest BCUT2D eigenvalue weighted by Crippen LogP contribution is -2.23. The highest BCUT2D eigenvalue weighted by atomic mass is 32.1. The van der Waals surface area contributed by atoms with Gasteiger partial charge in [-0.3, -0.25) is 9.78 Å². The van der Waals surface area contributed by atoms with E-state index in [4.69, 9.17) is 0 Å². The van der Waals surface area contributed by atoms with E-state index in [0.29, 0.717) is 18.0 Å². The van der Waals surface area contributed by atoms with Crippen LogP contribution in [0, 0.1) is 5.92 Å². The Kier molecular flexibility index (Phi) is 4.64. The Labute approximate surface area is 173 Å². The maximum atomic E-state index is 12.9. The number of aromatic amines is 1. The van der Waals surface area contributed by atoms with Gasteiger partial charge in [-0.2, -0.15) is 0 Å². The van der Waals surface area contributed by atoms with Gasteiger partial charge in [0, 0.05) is 34.4 Å². The zero-order chi connectivity index (χ0) is 19.8. The molecule has 5 nitrogen and oxygen atoms in total. The topological polar surface area (TPSA) is 70.7 Å². The second-order valence-corrected chi connectivity index (χ2v) is 8.65.